The highest BCUT2D eigenvalue weighted by Gasteiger charge is 2.22. The molecule has 4 heterocycles. The van der Waals surface area contributed by atoms with E-state index in [4.69, 9.17) is 19.9 Å². The maximum Gasteiger partial charge on any atom is 0.161 e. The third-order valence-electron chi connectivity index (χ3n) is 11.6. The molecule has 4 nitrogen and oxygen atoms in total. The third kappa shape index (κ3) is 6.28. The van der Waals surface area contributed by atoms with Crippen LogP contribution in [0.15, 0.2) is 206 Å². The zero-order valence-corrected chi connectivity index (χ0v) is 34.9. The van der Waals surface area contributed by atoms with Gasteiger partial charge in [-0.3, -0.25) is 0 Å². The molecule has 6 heteroatoms. The second-order valence-electron chi connectivity index (χ2n) is 15.3. The van der Waals surface area contributed by atoms with E-state index in [0.29, 0.717) is 11.6 Å². The quantitative estimate of drug-likeness (QED) is 0.161. The van der Waals surface area contributed by atoms with Crippen molar-refractivity contribution < 1.29 is 0 Å². The van der Waals surface area contributed by atoms with Crippen LogP contribution in [-0.2, 0) is 0 Å². The monoisotopic (exact) mass is 826 g/mol. The zero-order valence-electron chi connectivity index (χ0n) is 33.2. The lowest BCUT2D eigenvalue weighted by Crippen LogP contribution is -1.98. The number of hydrogen-bond donors (Lipinski definition) is 0. The fourth-order valence-corrected chi connectivity index (χ4v) is 10.8. The average molecular weight is 827 g/mol. The predicted molar refractivity (Wildman–Crippen MR) is 261 cm³/mol. The van der Waals surface area contributed by atoms with Gasteiger partial charge in [-0.15, -0.1) is 22.7 Å². The minimum atomic E-state index is 0.674. The van der Waals surface area contributed by atoms with Crippen molar-refractivity contribution in [2.45, 2.75) is 0 Å². The standard InChI is InChI=1S/C56H34N4S2/c1-3-15-35(16-4-1)37-27-31-39(32-28-37)49-53-51(45-23-11-13-25-47(45)61-53)59-55(57-49)43-21-9-7-19-41(43)42-20-8-10-22-44(42)56-58-50(54-52(60-56)46-24-12-14-26-48(46)62-54)40-33-29-38(30-34-40)36-17-5-2-6-18-36/h1-34H. The first kappa shape index (κ1) is 36.2. The van der Waals surface area contributed by atoms with Crippen LogP contribution in [0, 0.1) is 0 Å². The van der Waals surface area contributed by atoms with E-state index in [2.05, 4.69) is 206 Å². The minimum Gasteiger partial charge on any atom is -0.226 e. The summed E-state index contributed by atoms with van der Waals surface area (Å²) in [5.74, 6) is 1.35. The van der Waals surface area contributed by atoms with Gasteiger partial charge in [0.05, 0.1) is 31.8 Å². The van der Waals surface area contributed by atoms with Crippen molar-refractivity contribution in [2.75, 3.05) is 0 Å². The second-order valence-corrected chi connectivity index (χ2v) is 17.4. The van der Waals surface area contributed by atoms with E-state index < -0.39 is 0 Å². The Kier molecular flexibility index (Phi) is 8.84. The first-order chi connectivity index (χ1) is 30.7. The molecule has 12 aromatic rings. The molecule has 62 heavy (non-hydrogen) atoms. The van der Waals surface area contributed by atoms with Crippen LogP contribution in [0.5, 0.6) is 0 Å². The van der Waals surface area contributed by atoms with Crippen molar-refractivity contribution in [2.24, 2.45) is 0 Å². The van der Waals surface area contributed by atoms with Gasteiger partial charge >= 0.3 is 0 Å². The van der Waals surface area contributed by atoms with E-state index in [-0.39, 0.29) is 0 Å². The molecule has 0 atom stereocenters. The molecule has 0 amide bonds. The molecule has 0 spiro atoms. The van der Waals surface area contributed by atoms with Gasteiger partial charge in [0.2, 0.25) is 0 Å². The Morgan fingerprint density at radius 2 is 0.581 bits per heavy atom. The number of rotatable bonds is 7. The molecular formula is C56H34N4S2. The summed E-state index contributed by atoms with van der Waals surface area (Å²) >= 11 is 3.50. The number of aromatic nitrogens is 4. The summed E-state index contributed by atoms with van der Waals surface area (Å²) in [4.78, 5) is 21.7. The Labute approximate surface area is 366 Å². The van der Waals surface area contributed by atoms with Crippen molar-refractivity contribution >= 4 is 63.3 Å². The van der Waals surface area contributed by atoms with Crippen molar-refractivity contribution in [3.8, 4) is 78.7 Å². The Morgan fingerprint density at radius 3 is 1.00 bits per heavy atom. The van der Waals surface area contributed by atoms with E-state index in [0.717, 1.165) is 76.0 Å². The summed E-state index contributed by atoms with van der Waals surface area (Å²) in [6.07, 6.45) is 0. The van der Waals surface area contributed by atoms with Gasteiger partial charge in [0, 0.05) is 42.4 Å². The number of benzene rings is 8. The molecule has 4 aromatic heterocycles. The number of fused-ring (bicyclic) bond motifs is 6. The highest BCUT2D eigenvalue weighted by atomic mass is 32.1. The predicted octanol–water partition coefficient (Wildman–Crippen LogP) is 15.7. The van der Waals surface area contributed by atoms with Crippen molar-refractivity contribution in [1.29, 1.82) is 0 Å². The lowest BCUT2D eigenvalue weighted by molar-refractivity contribution is 1.23. The maximum absolute atomic E-state index is 5.45. The van der Waals surface area contributed by atoms with Gasteiger partial charge in [-0.1, -0.05) is 194 Å². The van der Waals surface area contributed by atoms with Crippen molar-refractivity contribution in [1.82, 2.24) is 19.9 Å². The van der Waals surface area contributed by atoms with Crippen molar-refractivity contribution in [3.05, 3.63) is 206 Å². The average Bonchev–Trinajstić information content (AvgIpc) is 3.93. The first-order valence-corrected chi connectivity index (χ1v) is 22.3. The Morgan fingerprint density at radius 1 is 0.258 bits per heavy atom. The normalized spacial score (nSPS) is 11.5. The molecule has 0 bridgehead atoms. The molecule has 12 rings (SSSR count). The minimum absolute atomic E-state index is 0.674. The van der Waals surface area contributed by atoms with Gasteiger partial charge in [0.15, 0.2) is 11.6 Å². The van der Waals surface area contributed by atoms with Gasteiger partial charge in [0.25, 0.3) is 0 Å². The summed E-state index contributed by atoms with van der Waals surface area (Å²) < 4.78 is 4.53. The van der Waals surface area contributed by atoms with Crippen LogP contribution in [0.2, 0.25) is 0 Å². The Balaban J connectivity index is 1.03. The fourth-order valence-electron chi connectivity index (χ4n) is 8.54. The topological polar surface area (TPSA) is 51.6 Å². The first-order valence-electron chi connectivity index (χ1n) is 20.6. The summed E-state index contributed by atoms with van der Waals surface area (Å²) in [7, 11) is 0. The maximum atomic E-state index is 5.45. The van der Waals surface area contributed by atoms with Crippen LogP contribution in [0.4, 0.5) is 0 Å². The van der Waals surface area contributed by atoms with Gasteiger partial charge in [-0.05, 0) is 45.5 Å². The van der Waals surface area contributed by atoms with Crippen LogP contribution in [0.25, 0.3) is 119 Å². The largest absolute Gasteiger partial charge is 0.226 e. The van der Waals surface area contributed by atoms with Crippen LogP contribution in [-0.4, -0.2) is 19.9 Å². The molecule has 0 aliphatic heterocycles. The third-order valence-corrected chi connectivity index (χ3v) is 13.9. The summed E-state index contributed by atoms with van der Waals surface area (Å²) in [5, 5.41) is 2.26. The molecule has 8 aromatic carbocycles. The lowest BCUT2D eigenvalue weighted by atomic mass is 9.94. The number of thiophene rings is 2. The molecule has 0 aliphatic carbocycles. The number of hydrogen-bond acceptors (Lipinski definition) is 6. The molecular weight excluding hydrogens is 793 g/mol. The van der Waals surface area contributed by atoms with Crippen LogP contribution in [0.1, 0.15) is 0 Å². The molecule has 0 N–H and O–H groups in total. The van der Waals surface area contributed by atoms with Gasteiger partial charge in [-0.2, -0.15) is 0 Å². The van der Waals surface area contributed by atoms with E-state index in [9.17, 15) is 0 Å². The Bertz CT molecular complexity index is 3370. The van der Waals surface area contributed by atoms with E-state index in [1.54, 1.807) is 22.7 Å². The molecule has 0 aliphatic rings. The van der Waals surface area contributed by atoms with Crippen molar-refractivity contribution in [3.63, 3.8) is 0 Å². The molecule has 0 radical (unpaired) electrons. The van der Waals surface area contributed by atoms with Gasteiger partial charge in [-0.25, -0.2) is 19.9 Å². The molecule has 290 valence electrons. The summed E-state index contributed by atoms with van der Waals surface area (Å²) in [6.45, 7) is 0. The SMILES string of the molecule is c1ccc(-c2ccc(-c3nc(-c4ccccc4-c4ccccc4-c4nc(-c5ccc(-c6ccccc6)cc5)c5sc6ccccc6c5n4)nc4c3sc3ccccc34)cc2)cc1. The molecule has 0 saturated heterocycles. The van der Waals surface area contributed by atoms with Crippen LogP contribution >= 0.6 is 22.7 Å². The fraction of sp³-hybridized carbons (Fsp3) is 0. The highest BCUT2D eigenvalue weighted by Crippen LogP contribution is 2.44. The number of nitrogens with zero attached hydrogens (tertiary/aromatic N) is 4. The van der Waals surface area contributed by atoms with Crippen LogP contribution < -0.4 is 0 Å². The zero-order chi connectivity index (χ0) is 41.0. The van der Waals surface area contributed by atoms with Gasteiger partial charge < -0.3 is 0 Å². The van der Waals surface area contributed by atoms with Crippen LogP contribution in [0.3, 0.4) is 0 Å². The van der Waals surface area contributed by atoms with Gasteiger partial charge in [0.1, 0.15) is 0 Å². The highest BCUT2D eigenvalue weighted by molar-refractivity contribution is 7.26. The molecule has 0 unspecified atom stereocenters. The van der Waals surface area contributed by atoms with E-state index >= 15 is 0 Å². The molecule has 0 saturated carbocycles. The molecule has 0 fully saturated rings. The Hall–Kier alpha value is -7.64. The smallest absolute Gasteiger partial charge is 0.161 e. The van der Waals surface area contributed by atoms with E-state index in [1.807, 2.05) is 0 Å². The second kappa shape index (κ2) is 15.1. The summed E-state index contributed by atoms with van der Waals surface area (Å²) in [6, 6.07) is 72.5. The summed E-state index contributed by atoms with van der Waals surface area (Å²) in [5.41, 5.74) is 14.5. The lowest BCUT2D eigenvalue weighted by Gasteiger charge is -2.15. The van der Waals surface area contributed by atoms with E-state index in [1.165, 1.54) is 31.7 Å².